The third kappa shape index (κ3) is 2.13. The molecule has 0 amide bonds. The molecule has 3 heterocycles. The van der Waals surface area contributed by atoms with Crippen molar-refractivity contribution >= 4 is 0 Å². The van der Waals surface area contributed by atoms with Crippen LogP contribution in [0.15, 0.2) is 88.6 Å². The number of rotatable bonds is 3. The zero-order valence-corrected chi connectivity index (χ0v) is 11.8. The van der Waals surface area contributed by atoms with Crippen LogP contribution >= 0.6 is 0 Å². The quantitative estimate of drug-likeness (QED) is 0.515. The van der Waals surface area contributed by atoms with E-state index < -0.39 is 0 Å². The van der Waals surface area contributed by atoms with Crippen molar-refractivity contribution in [2.75, 3.05) is 0 Å². The van der Waals surface area contributed by atoms with Crippen LogP contribution in [-0.2, 0) is 0 Å². The van der Waals surface area contributed by atoms with Crippen LogP contribution in [0.25, 0.3) is 33.5 Å². The minimum Gasteiger partial charge on any atom is -0.472 e. The first-order valence-electron chi connectivity index (χ1n) is 7.03. The van der Waals surface area contributed by atoms with Gasteiger partial charge in [-0.15, -0.1) is 0 Å². The van der Waals surface area contributed by atoms with E-state index in [-0.39, 0.29) is 0 Å². The summed E-state index contributed by atoms with van der Waals surface area (Å²) in [6.07, 6.45) is 8.67. The van der Waals surface area contributed by atoms with Crippen LogP contribution in [0.5, 0.6) is 0 Å². The van der Waals surface area contributed by atoms with Gasteiger partial charge in [0, 0.05) is 22.9 Å². The Kier molecular flexibility index (Phi) is 3.09. The molecule has 3 heteroatoms. The largest absolute Gasteiger partial charge is 0.472 e. The minimum absolute atomic E-state index is 0.926. The number of aromatic nitrogens is 1. The smallest absolute Gasteiger partial charge is 0.0981 e. The fourth-order valence-electron chi connectivity index (χ4n) is 2.66. The van der Waals surface area contributed by atoms with Crippen LogP contribution in [0.1, 0.15) is 0 Å². The molecule has 0 aliphatic heterocycles. The van der Waals surface area contributed by atoms with E-state index in [9.17, 15) is 0 Å². The highest BCUT2D eigenvalue weighted by Crippen LogP contribution is 2.39. The van der Waals surface area contributed by atoms with Crippen LogP contribution < -0.4 is 0 Å². The second-order valence-corrected chi connectivity index (χ2v) is 4.97. The molecule has 0 unspecified atom stereocenters. The maximum absolute atomic E-state index is 5.25. The Hall–Kier alpha value is -3.07. The molecule has 4 aromatic rings. The Morgan fingerprint density at radius 2 is 1.36 bits per heavy atom. The number of pyridine rings is 1. The number of hydrogen-bond acceptors (Lipinski definition) is 3. The van der Waals surface area contributed by atoms with Gasteiger partial charge in [0.15, 0.2) is 0 Å². The molecule has 0 atom stereocenters. The second-order valence-electron chi connectivity index (χ2n) is 4.97. The van der Waals surface area contributed by atoms with Gasteiger partial charge in [-0.1, -0.05) is 24.3 Å². The topological polar surface area (TPSA) is 39.2 Å². The van der Waals surface area contributed by atoms with Crippen molar-refractivity contribution in [3.63, 3.8) is 0 Å². The SMILES string of the molecule is c1ccc(-c2c(-c3ccoc3)cccc2-c2ccoc2)nc1. The lowest BCUT2D eigenvalue weighted by molar-refractivity contribution is 0.568. The molecule has 0 saturated heterocycles. The van der Waals surface area contributed by atoms with Crippen molar-refractivity contribution < 1.29 is 8.83 Å². The highest BCUT2D eigenvalue weighted by molar-refractivity contribution is 5.92. The van der Waals surface area contributed by atoms with Crippen LogP contribution in [0.3, 0.4) is 0 Å². The van der Waals surface area contributed by atoms with Gasteiger partial charge in [-0.2, -0.15) is 0 Å². The summed E-state index contributed by atoms with van der Waals surface area (Å²) < 4.78 is 10.5. The average Bonchev–Trinajstić information content (AvgIpc) is 3.28. The molecule has 3 nitrogen and oxygen atoms in total. The van der Waals surface area contributed by atoms with Crippen molar-refractivity contribution in [1.29, 1.82) is 0 Å². The summed E-state index contributed by atoms with van der Waals surface area (Å²) in [6.45, 7) is 0. The maximum Gasteiger partial charge on any atom is 0.0981 e. The van der Waals surface area contributed by atoms with Crippen LogP contribution in [-0.4, -0.2) is 4.98 Å². The molecule has 0 aliphatic rings. The van der Waals surface area contributed by atoms with Crippen molar-refractivity contribution in [2.24, 2.45) is 0 Å². The normalized spacial score (nSPS) is 10.7. The van der Waals surface area contributed by atoms with Crippen molar-refractivity contribution in [3.05, 3.63) is 79.8 Å². The lowest BCUT2D eigenvalue weighted by atomic mass is 9.91. The molecule has 3 aromatic heterocycles. The first-order valence-corrected chi connectivity index (χ1v) is 7.03. The lowest BCUT2D eigenvalue weighted by Crippen LogP contribution is -1.90. The minimum atomic E-state index is 0.926. The molecular formula is C19H13NO2. The summed E-state index contributed by atoms with van der Waals surface area (Å²) >= 11 is 0. The molecule has 0 radical (unpaired) electrons. The Morgan fingerprint density at radius 3 is 1.86 bits per heavy atom. The number of furan rings is 2. The molecule has 0 N–H and O–H groups in total. The molecule has 0 spiro atoms. The molecule has 1 aromatic carbocycles. The molecule has 0 fully saturated rings. The van der Waals surface area contributed by atoms with Crippen molar-refractivity contribution in [2.45, 2.75) is 0 Å². The Balaban J connectivity index is 2.03. The van der Waals surface area contributed by atoms with Gasteiger partial charge in [0.1, 0.15) is 0 Å². The highest BCUT2D eigenvalue weighted by atomic mass is 16.3. The van der Waals surface area contributed by atoms with E-state index in [1.807, 2.05) is 36.4 Å². The van der Waals surface area contributed by atoms with Crippen LogP contribution in [0.4, 0.5) is 0 Å². The zero-order chi connectivity index (χ0) is 14.8. The number of benzene rings is 1. The summed E-state index contributed by atoms with van der Waals surface area (Å²) in [5.74, 6) is 0. The summed E-state index contributed by atoms with van der Waals surface area (Å²) in [4.78, 5) is 4.53. The molecule has 0 aliphatic carbocycles. The predicted molar refractivity (Wildman–Crippen MR) is 85.1 cm³/mol. The molecule has 106 valence electrons. The van der Waals surface area contributed by atoms with E-state index in [0.717, 1.165) is 33.5 Å². The van der Waals surface area contributed by atoms with E-state index in [1.54, 1.807) is 31.2 Å². The first kappa shape index (κ1) is 12.7. The maximum atomic E-state index is 5.25. The lowest BCUT2D eigenvalue weighted by Gasteiger charge is -2.12. The number of hydrogen-bond donors (Lipinski definition) is 0. The third-order valence-electron chi connectivity index (χ3n) is 3.65. The van der Waals surface area contributed by atoms with E-state index in [4.69, 9.17) is 8.83 Å². The van der Waals surface area contributed by atoms with E-state index >= 15 is 0 Å². The Labute approximate surface area is 127 Å². The van der Waals surface area contributed by atoms with E-state index in [2.05, 4.69) is 17.1 Å². The Bertz CT molecular complexity index is 811. The summed E-state index contributed by atoms with van der Waals surface area (Å²) in [5.41, 5.74) is 6.25. The summed E-state index contributed by atoms with van der Waals surface area (Å²) in [5, 5.41) is 0. The van der Waals surface area contributed by atoms with E-state index in [1.165, 1.54) is 0 Å². The molecule has 0 bridgehead atoms. The fourth-order valence-corrected chi connectivity index (χ4v) is 2.66. The number of nitrogens with zero attached hydrogens (tertiary/aromatic N) is 1. The van der Waals surface area contributed by atoms with Gasteiger partial charge in [-0.05, 0) is 35.4 Å². The van der Waals surface area contributed by atoms with Gasteiger partial charge < -0.3 is 8.83 Å². The van der Waals surface area contributed by atoms with Gasteiger partial charge >= 0.3 is 0 Å². The molecular weight excluding hydrogens is 274 g/mol. The van der Waals surface area contributed by atoms with Gasteiger partial charge in [0.25, 0.3) is 0 Å². The molecule has 4 rings (SSSR count). The average molecular weight is 287 g/mol. The monoisotopic (exact) mass is 287 g/mol. The second kappa shape index (κ2) is 5.37. The fraction of sp³-hybridized carbons (Fsp3) is 0. The highest BCUT2D eigenvalue weighted by Gasteiger charge is 2.15. The van der Waals surface area contributed by atoms with Crippen LogP contribution in [0.2, 0.25) is 0 Å². The summed E-state index contributed by atoms with van der Waals surface area (Å²) in [7, 11) is 0. The third-order valence-corrected chi connectivity index (χ3v) is 3.65. The first-order chi connectivity index (χ1) is 10.9. The Morgan fingerprint density at radius 1 is 0.682 bits per heavy atom. The standard InChI is InChI=1S/C19H13NO2/c1-2-9-20-18(6-1)19-16(14-7-10-21-12-14)4-3-5-17(19)15-8-11-22-13-15/h1-13H. The van der Waals surface area contributed by atoms with Crippen molar-refractivity contribution in [3.8, 4) is 33.5 Å². The van der Waals surface area contributed by atoms with Gasteiger partial charge in [0.05, 0.1) is 30.7 Å². The van der Waals surface area contributed by atoms with Gasteiger partial charge in [-0.25, -0.2) is 0 Å². The molecule has 22 heavy (non-hydrogen) atoms. The summed E-state index contributed by atoms with van der Waals surface area (Å²) in [6, 6.07) is 16.0. The van der Waals surface area contributed by atoms with Crippen LogP contribution in [0, 0.1) is 0 Å². The van der Waals surface area contributed by atoms with Crippen molar-refractivity contribution in [1.82, 2.24) is 4.98 Å². The van der Waals surface area contributed by atoms with Gasteiger partial charge in [0.2, 0.25) is 0 Å². The zero-order valence-electron chi connectivity index (χ0n) is 11.8. The van der Waals surface area contributed by atoms with E-state index in [0.29, 0.717) is 0 Å². The predicted octanol–water partition coefficient (Wildman–Crippen LogP) is 5.27. The van der Waals surface area contributed by atoms with Gasteiger partial charge in [-0.3, -0.25) is 4.98 Å². The molecule has 0 saturated carbocycles.